The molecule has 0 aromatic heterocycles. The second-order valence-corrected chi connectivity index (χ2v) is 12.2. The minimum atomic E-state index is 0.587. The van der Waals surface area contributed by atoms with Crippen LogP contribution in [0, 0.1) is 58.7 Å². The Morgan fingerprint density at radius 3 is 2.48 bits per heavy atom. The monoisotopic (exact) mass is 371 g/mol. The van der Waals surface area contributed by atoms with Crippen molar-refractivity contribution in [1.29, 1.82) is 0 Å². The molecule has 0 amide bonds. The fourth-order valence-corrected chi connectivity index (χ4v) is 9.04. The molecule has 0 aromatic carbocycles. The molecule has 0 heteroatoms. The maximum absolute atomic E-state index is 2.81. The average molecular weight is 372 g/mol. The quantitative estimate of drug-likeness (QED) is 0.456. The standard InChI is InChI=1S/C27H47/c1-19(2)9-8-10-20(3)23-14-15-24-22-13-12-21-11-6-7-17-26(21,4)25(22)16-18-27(23,24)5/h17,19-25H,6-16,18H2,1-5H3/t20-,21?,22+,23-,24+,25+,26+,27-/m1/s1. The summed E-state index contributed by atoms with van der Waals surface area (Å²) in [6.45, 7) is 12.8. The van der Waals surface area contributed by atoms with Gasteiger partial charge in [0.15, 0.2) is 0 Å². The number of hydrogen-bond donors (Lipinski definition) is 0. The van der Waals surface area contributed by atoms with E-state index >= 15 is 0 Å². The molecule has 1 unspecified atom stereocenters. The van der Waals surface area contributed by atoms with Gasteiger partial charge in [-0.2, -0.15) is 0 Å². The molecule has 0 nitrogen and oxygen atoms in total. The highest BCUT2D eigenvalue weighted by atomic mass is 14.6. The predicted molar refractivity (Wildman–Crippen MR) is 117 cm³/mol. The number of hydrogen-bond acceptors (Lipinski definition) is 0. The fraction of sp³-hybridized carbons (Fsp3) is 0.963. The van der Waals surface area contributed by atoms with Crippen molar-refractivity contribution in [2.24, 2.45) is 52.3 Å². The Kier molecular flexibility index (Phi) is 5.77. The van der Waals surface area contributed by atoms with Crippen LogP contribution in [0.4, 0.5) is 0 Å². The molecule has 8 atom stereocenters. The summed E-state index contributed by atoms with van der Waals surface area (Å²) >= 11 is 0. The van der Waals surface area contributed by atoms with Crippen LogP contribution in [0.3, 0.4) is 0 Å². The normalized spacial score (nSPS) is 48.0. The maximum atomic E-state index is 2.81. The van der Waals surface area contributed by atoms with Crippen LogP contribution in [0.1, 0.15) is 112 Å². The van der Waals surface area contributed by atoms with E-state index in [1.165, 1.54) is 64.2 Å². The largest absolute Gasteiger partial charge is 0.0628 e. The Bertz CT molecular complexity index is 506. The SMILES string of the molecule is CC(C)CCC[C@@H](C)[C@H]1CC[C@H]2[C@@H]3CCC4CCC[CH][C@]4(C)[C@H]3CC[C@]12C. The number of rotatable bonds is 5. The molecule has 4 aliphatic rings. The van der Waals surface area contributed by atoms with Crippen LogP contribution in [0.2, 0.25) is 0 Å². The van der Waals surface area contributed by atoms with Gasteiger partial charge in [-0.05, 0) is 110 Å². The van der Waals surface area contributed by atoms with Gasteiger partial charge >= 0.3 is 0 Å². The van der Waals surface area contributed by atoms with Gasteiger partial charge in [-0.15, -0.1) is 0 Å². The molecule has 0 aromatic rings. The molecule has 0 bridgehead atoms. The highest BCUT2D eigenvalue weighted by Crippen LogP contribution is 2.68. The molecule has 155 valence electrons. The van der Waals surface area contributed by atoms with Crippen LogP contribution >= 0.6 is 0 Å². The van der Waals surface area contributed by atoms with Crippen molar-refractivity contribution in [2.45, 2.75) is 112 Å². The zero-order valence-corrected chi connectivity index (χ0v) is 19.1. The van der Waals surface area contributed by atoms with Crippen molar-refractivity contribution >= 4 is 0 Å². The summed E-state index contributed by atoms with van der Waals surface area (Å²) in [5.74, 6) is 6.96. The summed E-state index contributed by atoms with van der Waals surface area (Å²) in [6, 6.07) is 0. The van der Waals surface area contributed by atoms with Gasteiger partial charge in [-0.3, -0.25) is 0 Å². The first-order valence-electron chi connectivity index (χ1n) is 12.7. The van der Waals surface area contributed by atoms with Gasteiger partial charge in [-0.25, -0.2) is 0 Å². The molecule has 4 saturated carbocycles. The van der Waals surface area contributed by atoms with Crippen molar-refractivity contribution in [3.63, 3.8) is 0 Å². The molecule has 1 radical (unpaired) electrons. The van der Waals surface area contributed by atoms with E-state index < -0.39 is 0 Å². The first-order valence-corrected chi connectivity index (χ1v) is 12.7. The molecule has 4 rings (SSSR count). The van der Waals surface area contributed by atoms with Crippen molar-refractivity contribution < 1.29 is 0 Å². The van der Waals surface area contributed by atoms with E-state index in [1.54, 1.807) is 12.8 Å². The molecule has 0 spiro atoms. The summed E-state index contributed by atoms with van der Waals surface area (Å²) in [5, 5.41) is 0. The average Bonchev–Trinajstić information content (AvgIpc) is 2.98. The third kappa shape index (κ3) is 3.44. The van der Waals surface area contributed by atoms with Gasteiger partial charge in [0.05, 0.1) is 0 Å². The van der Waals surface area contributed by atoms with Crippen LogP contribution in [-0.2, 0) is 0 Å². The van der Waals surface area contributed by atoms with E-state index in [-0.39, 0.29) is 0 Å². The Balaban J connectivity index is 1.46. The van der Waals surface area contributed by atoms with Gasteiger partial charge in [0, 0.05) is 0 Å². The molecular weight excluding hydrogens is 324 g/mol. The smallest absolute Gasteiger partial charge is 0.0235 e. The zero-order chi connectivity index (χ0) is 19.2. The van der Waals surface area contributed by atoms with E-state index in [4.69, 9.17) is 0 Å². The van der Waals surface area contributed by atoms with Gasteiger partial charge in [0.2, 0.25) is 0 Å². The molecular formula is C27H47. The van der Waals surface area contributed by atoms with Gasteiger partial charge in [0.1, 0.15) is 0 Å². The van der Waals surface area contributed by atoms with E-state index in [9.17, 15) is 0 Å². The second kappa shape index (κ2) is 7.68. The van der Waals surface area contributed by atoms with Crippen LogP contribution in [0.5, 0.6) is 0 Å². The Morgan fingerprint density at radius 1 is 0.889 bits per heavy atom. The molecule has 4 fully saturated rings. The predicted octanol–water partition coefficient (Wildman–Crippen LogP) is 8.31. The van der Waals surface area contributed by atoms with Gasteiger partial charge in [0.25, 0.3) is 0 Å². The summed E-state index contributed by atoms with van der Waals surface area (Å²) in [7, 11) is 0. The van der Waals surface area contributed by atoms with Crippen LogP contribution < -0.4 is 0 Å². The zero-order valence-electron chi connectivity index (χ0n) is 19.1. The van der Waals surface area contributed by atoms with Crippen LogP contribution in [0.25, 0.3) is 0 Å². The second-order valence-electron chi connectivity index (χ2n) is 12.2. The molecule has 4 aliphatic carbocycles. The fourth-order valence-electron chi connectivity index (χ4n) is 9.04. The minimum Gasteiger partial charge on any atom is -0.0628 e. The van der Waals surface area contributed by atoms with E-state index in [0.29, 0.717) is 10.8 Å². The third-order valence-electron chi connectivity index (χ3n) is 10.5. The molecule has 0 aliphatic heterocycles. The third-order valence-corrected chi connectivity index (χ3v) is 10.5. The lowest BCUT2D eigenvalue weighted by Gasteiger charge is -2.60. The van der Waals surface area contributed by atoms with E-state index in [0.717, 1.165) is 41.4 Å². The van der Waals surface area contributed by atoms with Crippen molar-refractivity contribution in [1.82, 2.24) is 0 Å². The summed E-state index contributed by atoms with van der Waals surface area (Å²) < 4.78 is 0. The highest BCUT2D eigenvalue weighted by Gasteiger charge is 2.60. The van der Waals surface area contributed by atoms with Crippen molar-refractivity contribution in [2.75, 3.05) is 0 Å². The highest BCUT2D eigenvalue weighted by molar-refractivity contribution is 5.12. The number of fused-ring (bicyclic) bond motifs is 5. The summed E-state index contributed by atoms with van der Waals surface area (Å²) in [5.41, 5.74) is 1.25. The minimum absolute atomic E-state index is 0.587. The lowest BCUT2D eigenvalue weighted by Crippen LogP contribution is -2.53. The van der Waals surface area contributed by atoms with E-state index in [1.807, 2.05) is 0 Å². The van der Waals surface area contributed by atoms with Gasteiger partial charge in [-0.1, -0.05) is 60.3 Å². The topological polar surface area (TPSA) is 0 Å². The Labute approximate surface area is 170 Å². The first kappa shape index (κ1) is 20.3. The Morgan fingerprint density at radius 2 is 1.70 bits per heavy atom. The summed E-state index contributed by atoms with van der Waals surface area (Å²) in [6.07, 6.45) is 20.8. The van der Waals surface area contributed by atoms with Gasteiger partial charge < -0.3 is 0 Å². The van der Waals surface area contributed by atoms with Crippen molar-refractivity contribution in [3.8, 4) is 0 Å². The molecule has 0 N–H and O–H groups in total. The summed E-state index contributed by atoms with van der Waals surface area (Å²) in [4.78, 5) is 0. The van der Waals surface area contributed by atoms with Crippen LogP contribution in [-0.4, -0.2) is 0 Å². The van der Waals surface area contributed by atoms with Crippen molar-refractivity contribution in [3.05, 3.63) is 6.42 Å². The van der Waals surface area contributed by atoms with Crippen LogP contribution in [0.15, 0.2) is 0 Å². The molecule has 0 heterocycles. The lowest BCUT2D eigenvalue weighted by molar-refractivity contribution is -0.0952. The molecule has 0 saturated heterocycles. The van der Waals surface area contributed by atoms with E-state index in [2.05, 4.69) is 41.0 Å². The lowest BCUT2D eigenvalue weighted by atomic mass is 9.44. The maximum Gasteiger partial charge on any atom is -0.0235 e. The Hall–Kier alpha value is 0. The first-order chi connectivity index (χ1) is 12.9. The molecule has 27 heavy (non-hydrogen) atoms.